The third-order valence-corrected chi connectivity index (χ3v) is 5.25. The van der Waals surface area contributed by atoms with E-state index in [-0.39, 0.29) is 34.1 Å². The fourth-order valence-corrected chi connectivity index (χ4v) is 4.82. The molecule has 1 saturated heterocycles. The molecular weight excluding hydrogens is 294 g/mol. The second kappa shape index (κ2) is 5.11. The molecule has 2 bridgehead atoms. The SMILES string of the molecule is CCc1oc(C(=O)N2CC3(C)CC2CC(C)(C)C3)cc1C(=O)O. The van der Waals surface area contributed by atoms with Crippen LogP contribution in [0.1, 0.15) is 73.6 Å². The van der Waals surface area contributed by atoms with Gasteiger partial charge in [-0.25, -0.2) is 4.79 Å². The van der Waals surface area contributed by atoms with Crippen LogP contribution in [0.25, 0.3) is 0 Å². The summed E-state index contributed by atoms with van der Waals surface area (Å²) in [6.45, 7) is 9.32. The quantitative estimate of drug-likeness (QED) is 0.924. The molecule has 0 radical (unpaired) electrons. The van der Waals surface area contributed by atoms with Crippen LogP contribution in [0.2, 0.25) is 0 Å². The molecule has 1 aliphatic heterocycles. The number of likely N-dealkylation sites (tertiary alicyclic amines) is 1. The first kappa shape index (κ1) is 16.1. The highest BCUT2D eigenvalue weighted by Gasteiger charge is 2.51. The molecule has 5 nitrogen and oxygen atoms in total. The Kier molecular flexibility index (Phi) is 3.58. The molecule has 2 heterocycles. The normalized spacial score (nSPS) is 28.9. The highest BCUT2D eigenvalue weighted by molar-refractivity contribution is 5.96. The summed E-state index contributed by atoms with van der Waals surface area (Å²) >= 11 is 0. The lowest BCUT2D eigenvalue weighted by atomic mass is 9.65. The minimum absolute atomic E-state index is 0.101. The average molecular weight is 319 g/mol. The van der Waals surface area contributed by atoms with Crippen molar-refractivity contribution in [1.29, 1.82) is 0 Å². The van der Waals surface area contributed by atoms with Crippen LogP contribution < -0.4 is 0 Å². The number of aryl methyl sites for hydroxylation is 1. The van der Waals surface area contributed by atoms with Gasteiger partial charge in [-0.15, -0.1) is 0 Å². The van der Waals surface area contributed by atoms with E-state index in [1.807, 2.05) is 11.8 Å². The lowest BCUT2D eigenvalue weighted by Gasteiger charge is -2.39. The standard InChI is InChI=1S/C18H25NO4/c1-5-13-12(16(21)22)6-14(23-13)15(20)19-10-18(4)8-11(19)7-17(2,3)9-18/h6,11H,5,7-10H2,1-4H3,(H,21,22). The maximum Gasteiger partial charge on any atom is 0.339 e. The molecule has 1 aliphatic carbocycles. The average Bonchev–Trinajstić information content (AvgIpc) is 2.95. The Morgan fingerprint density at radius 3 is 2.61 bits per heavy atom. The minimum Gasteiger partial charge on any atom is -0.478 e. The van der Waals surface area contributed by atoms with Gasteiger partial charge in [-0.2, -0.15) is 0 Å². The van der Waals surface area contributed by atoms with E-state index in [2.05, 4.69) is 20.8 Å². The third kappa shape index (κ3) is 2.77. The van der Waals surface area contributed by atoms with Gasteiger partial charge in [-0.3, -0.25) is 4.79 Å². The Morgan fingerprint density at radius 2 is 2.04 bits per heavy atom. The van der Waals surface area contributed by atoms with Crippen LogP contribution in [-0.4, -0.2) is 34.5 Å². The Hall–Kier alpha value is -1.78. The van der Waals surface area contributed by atoms with Crippen molar-refractivity contribution in [3.05, 3.63) is 23.2 Å². The van der Waals surface area contributed by atoms with Gasteiger partial charge >= 0.3 is 5.97 Å². The summed E-state index contributed by atoms with van der Waals surface area (Å²) in [6, 6.07) is 1.61. The summed E-state index contributed by atoms with van der Waals surface area (Å²) < 4.78 is 5.56. The zero-order valence-electron chi connectivity index (χ0n) is 14.3. The van der Waals surface area contributed by atoms with Crippen LogP contribution in [0.15, 0.2) is 10.5 Å². The van der Waals surface area contributed by atoms with Gasteiger partial charge in [0, 0.05) is 25.1 Å². The van der Waals surface area contributed by atoms with Crippen molar-refractivity contribution in [2.75, 3.05) is 6.54 Å². The fraction of sp³-hybridized carbons (Fsp3) is 0.667. The van der Waals surface area contributed by atoms with Crippen molar-refractivity contribution < 1.29 is 19.1 Å². The molecule has 5 heteroatoms. The van der Waals surface area contributed by atoms with Crippen LogP contribution in [0.5, 0.6) is 0 Å². The van der Waals surface area contributed by atoms with Gasteiger partial charge in [-0.1, -0.05) is 27.7 Å². The fourth-order valence-electron chi connectivity index (χ4n) is 4.82. The molecule has 2 aliphatic rings. The van der Waals surface area contributed by atoms with E-state index < -0.39 is 5.97 Å². The second-order valence-corrected chi connectivity index (χ2v) is 8.25. The molecule has 1 amide bonds. The first-order valence-corrected chi connectivity index (χ1v) is 8.31. The summed E-state index contributed by atoms with van der Waals surface area (Å²) in [6.07, 6.45) is 3.58. The Morgan fingerprint density at radius 1 is 1.35 bits per heavy atom. The van der Waals surface area contributed by atoms with Gasteiger partial charge in [0.1, 0.15) is 11.3 Å². The molecule has 3 rings (SSSR count). The largest absolute Gasteiger partial charge is 0.478 e. The molecule has 1 aromatic heterocycles. The smallest absolute Gasteiger partial charge is 0.339 e. The van der Waals surface area contributed by atoms with Crippen molar-refractivity contribution in [3.63, 3.8) is 0 Å². The number of hydrogen-bond acceptors (Lipinski definition) is 3. The lowest BCUT2D eigenvalue weighted by Crippen LogP contribution is -2.37. The molecular formula is C18H25NO4. The molecule has 0 spiro atoms. The zero-order chi connectivity index (χ0) is 17.0. The summed E-state index contributed by atoms with van der Waals surface area (Å²) in [4.78, 5) is 26.1. The molecule has 0 aromatic carbocycles. The van der Waals surface area contributed by atoms with Gasteiger partial charge in [0.15, 0.2) is 5.76 Å². The highest BCUT2D eigenvalue weighted by atomic mass is 16.4. The number of hydrogen-bond donors (Lipinski definition) is 1. The molecule has 1 saturated carbocycles. The number of carbonyl (C=O) groups excluding carboxylic acids is 1. The van der Waals surface area contributed by atoms with E-state index in [0.29, 0.717) is 12.2 Å². The Bertz CT molecular complexity index is 660. The number of furan rings is 1. The van der Waals surface area contributed by atoms with Crippen molar-refractivity contribution in [1.82, 2.24) is 4.90 Å². The van der Waals surface area contributed by atoms with Crippen molar-refractivity contribution in [2.45, 2.75) is 59.4 Å². The molecule has 126 valence electrons. The molecule has 2 atom stereocenters. The van der Waals surface area contributed by atoms with Gasteiger partial charge in [0.05, 0.1) is 0 Å². The van der Waals surface area contributed by atoms with E-state index in [1.165, 1.54) is 6.07 Å². The zero-order valence-corrected chi connectivity index (χ0v) is 14.3. The molecule has 2 fully saturated rings. The maximum absolute atomic E-state index is 12.9. The predicted molar refractivity (Wildman–Crippen MR) is 85.6 cm³/mol. The van der Waals surface area contributed by atoms with Gasteiger partial charge in [0.25, 0.3) is 5.91 Å². The highest BCUT2D eigenvalue weighted by Crippen LogP contribution is 2.52. The van der Waals surface area contributed by atoms with Gasteiger partial charge in [0.2, 0.25) is 0 Å². The number of aromatic carboxylic acids is 1. The number of amides is 1. The number of rotatable bonds is 3. The van der Waals surface area contributed by atoms with Crippen molar-refractivity contribution in [2.24, 2.45) is 10.8 Å². The molecule has 2 unspecified atom stereocenters. The number of carboxylic acid groups (broad SMARTS) is 1. The Balaban J connectivity index is 1.89. The number of carboxylic acids is 1. The van der Waals surface area contributed by atoms with E-state index in [1.54, 1.807) is 0 Å². The van der Waals surface area contributed by atoms with Crippen molar-refractivity contribution in [3.8, 4) is 0 Å². The van der Waals surface area contributed by atoms with Gasteiger partial charge < -0.3 is 14.4 Å². The van der Waals surface area contributed by atoms with Crippen LogP contribution >= 0.6 is 0 Å². The summed E-state index contributed by atoms with van der Waals surface area (Å²) in [5, 5.41) is 9.23. The number of carbonyl (C=O) groups is 2. The molecule has 23 heavy (non-hydrogen) atoms. The topological polar surface area (TPSA) is 70.8 Å². The van der Waals surface area contributed by atoms with E-state index in [9.17, 15) is 14.7 Å². The third-order valence-electron chi connectivity index (χ3n) is 5.25. The summed E-state index contributed by atoms with van der Waals surface area (Å²) in [5.41, 5.74) is 0.485. The minimum atomic E-state index is -1.04. The van der Waals surface area contributed by atoms with Crippen LogP contribution in [0.3, 0.4) is 0 Å². The monoisotopic (exact) mass is 319 g/mol. The predicted octanol–water partition coefficient (Wildman–Crippen LogP) is 3.58. The number of nitrogens with zero attached hydrogens (tertiary/aromatic N) is 1. The van der Waals surface area contributed by atoms with Gasteiger partial charge in [-0.05, 0) is 30.1 Å². The van der Waals surface area contributed by atoms with Crippen LogP contribution in [0.4, 0.5) is 0 Å². The first-order chi connectivity index (χ1) is 10.6. The van der Waals surface area contributed by atoms with E-state index >= 15 is 0 Å². The summed E-state index contributed by atoms with van der Waals surface area (Å²) in [7, 11) is 0. The van der Waals surface area contributed by atoms with E-state index in [0.717, 1.165) is 25.8 Å². The lowest BCUT2D eigenvalue weighted by molar-refractivity contribution is 0.0669. The number of fused-ring (bicyclic) bond motifs is 2. The van der Waals surface area contributed by atoms with Crippen molar-refractivity contribution >= 4 is 11.9 Å². The first-order valence-electron chi connectivity index (χ1n) is 8.31. The van der Waals surface area contributed by atoms with Crippen LogP contribution in [0, 0.1) is 10.8 Å². The maximum atomic E-state index is 12.9. The Labute approximate surface area is 136 Å². The molecule has 1 aromatic rings. The molecule has 1 N–H and O–H groups in total. The van der Waals surface area contributed by atoms with Crippen LogP contribution in [-0.2, 0) is 6.42 Å². The summed E-state index contributed by atoms with van der Waals surface area (Å²) in [5.74, 6) is -0.681. The van der Waals surface area contributed by atoms with E-state index in [4.69, 9.17) is 4.42 Å². The second-order valence-electron chi connectivity index (χ2n) is 8.25.